The first kappa shape index (κ1) is 14.0. The van der Waals surface area contributed by atoms with Crippen molar-refractivity contribution >= 4 is 11.3 Å². The van der Waals surface area contributed by atoms with Gasteiger partial charge in [-0.05, 0) is 30.2 Å². The highest BCUT2D eigenvalue weighted by atomic mass is 32.1. The Labute approximate surface area is 118 Å². The molecule has 1 aromatic carbocycles. The zero-order valence-electron chi connectivity index (χ0n) is 11.4. The van der Waals surface area contributed by atoms with E-state index in [2.05, 4.69) is 36.3 Å². The van der Waals surface area contributed by atoms with Crippen LogP contribution in [0, 0.1) is 5.92 Å². The minimum Gasteiger partial charge on any atom is -0.488 e. The van der Waals surface area contributed by atoms with Gasteiger partial charge in [0.15, 0.2) is 0 Å². The van der Waals surface area contributed by atoms with E-state index in [0.29, 0.717) is 12.5 Å². The van der Waals surface area contributed by atoms with Crippen molar-refractivity contribution in [2.75, 3.05) is 6.54 Å². The van der Waals surface area contributed by atoms with E-state index in [1.165, 1.54) is 5.56 Å². The number of hydrogen-bond donors (Lipinski definition) is 1. The molecule has 0 unspecified atom stereocenters. The lowest BCUT2D eigenvalue weighted by Crippen LogP contribution is -2.18. The monoisotopic (exact) mass is 276 g/mol. The van der Waals surface area contributed by atoms with Crippen molar-refractivity contribution in [3.63, 3.8) is 0 Å². The lowest BCUT2D eigenvalue weighted by Gasteiger charge is -2.08. The van der Waals surface area contributed by atoms with Crippen LogP contribution in [0.2, 0.25) is 0 Å². The van der Waals surface area contributed by atoms with Crippen LogP contribution in [0.1, 0.15) is 24.3 Å². The van der Waals surface area contributed by atoms with Crippen LogP contribution in [-0.4, -0.2) is 11.5 Å². The molecule has 0 amide bonds. The van der Waals surface area contributed by atoms with E-state index in [-0.39, 0.29) is 0 Å². The van der Waals surface area contributed by atoms with Crippen molar-refractivity contribution in [3.8, 4) is 5.75 Å². The molecule has 0 spiro atoms. The number of nitrogens with zero attached hydrogens (tertiary/aromatic N) is 1. The lowest BCUT2D eigenvalue weighted by atomic mass is 10.2. The number of hydrogen-bond acceptors (Lipinski definition) is 4. The Morgan fingerprint density at radius 1 is 1.26 bits per heavy atom. The zero-order chi connectivity index (χ0) is 13.5. The maximum absolute atomic E-state index is 5.70. The van der Waals surface area contributed by atoms with Crippen LogP contribution < -0.4 is 10.1 Å². The van der Waals surface area contributed by atoms with Crippen LogP contribution in [0.15, 0.2) is 36.0 Å². The largest absolute Gasteiger partial charge is 0.488 e. The molecule has 3 nitrogen and oxygen atoms in total. The van der Waals surface area contributed by atoms with Crippen LogP contribution >= 0.6 is 11.3 Å². The van der Waals surface area contributed by atoms with Gasteiger partial charge in [-0.3, -0.25) is 4.98 Å². The predicted octanol–water partition coefficient (Wildman–Crippen LogP) is 3.47. The van der Waals surface area contributed by atoms with E-state index in [4.69, 9.17) is 4.74 Å². The maximum atomic E-state index is 5.70. The molecule has 1 heterocycles. The minimum absolute atomic E-state index is 0.593. The molecule has 0 radical (unpaired) electrons. The smallest absolute Gasteiger partial charge is 0.124 e. The normalized spacial score (nSPS) is 10.9. The number of aromatic nitrogens is 1. The van der Waals surface area contributed by atoms with Gasteiger partial charge in [-0.1, -0.05) is 26.0 Å². The van der Waals surface area contributed by atoms with Crippen molar-refractivity contribution in [2.24, 2.45) is 5.92 Å². The molecule has 4 heteroatoms. The van der Waals surface area contributed by atoms with Gasteiger partial charge in [0.1, 0.15) is 12.4 Å². The van der Waals surface area contributed by atoms with Gasteiger partial charge < -0.3 is 10.1 Å². The summed E-state index contributed by atoms with van der Waals surface area (Å²) in [6.45, 7) is 6.97. The van der Waals surface area contributed by atoms with Crippen LogP contribution in [0.5, 0.6) is 5.75 Å². The minimum atomic E-state index is 0.593. The van der Waals surface area contributed by atoms with E-state index in [0.717, 1.165) is 23.7 Å². The summed E-state index contributed by atoms with van der Waals surface area (Å²) in [5.41, 5.74) is 3.10. The fourth-order valence-corrected chi connectivity index (χ4v) is 2.18. The van der Waals surface area contributed by atoms with Crippen molar-refractivity contribution in [1.82, 2.24) is 10.3 Å². The van der Waals surface area contributed by atoms with Crippen LogP contribution in [0.25, 0.3) is 0 Å². The Balaban J connectivity index is 1.77. The summed E-state index contributed by atoms with van der Waals surface area (Å²) in [4.78, 5) is 5.17. The van der Waals surface area contributed by atoms with Crippen LogP contribution in [-0.2, 0) is 13.2 Å². The fraction of sp³-hybridized carbons (Fsp3) is 0.400. The highest BCUT2D eigenvalue weighted by molar-refractivity contribution is 7.09. The van der Waals surface area contributed by atoms with E-state index >= 15 is 0 Å². The molecule has 2 rings (SSSR count). The number of benzene rings is 1. The summed E-state index contributed by atoms with van der Waals surface area (Å²) < 4.78 is 5.70. The summed E-state index contributed by atoms with van der Waals surface area (Å²) in [5.74, 6) is 1.59. The second-order valence-electron chi connectivity index (χ2n) is 4.93. The van der Waals surface area contributed by atoms with Gasteiger partial charge in [0.25, 0.3) is 0 Å². The number of ether oxygens (including phenoxy) is 1. The Hall–Kier alpha value is -1.39. The van der Waals surface area contributed by atoms with Crippen molar-refractivity contribution in [3.05, 3.63) is 46.4 Å². The first-order valence-corrected chi connectivity index (χ1v) is 7.42. The zero-order valence-corrected chi connectivity index (χ0v) is 12.2. The SMILES string of the molecule is CC(C)CNCc1ccc(OCc2cncs2)cc1. The van der Waals surface area contributed by atoms with Gasteiger partial charge in [-0.15, -0.1) is 11.3 Å². The van der Waals surface area contributed by atoms with E-state index in [1.54, 1.807) is 11.3 Å². The molecule has 0 aliphatic heterocycles. The van der Waals surface area contributed by atoms with Gasteiger partial charge >= 0.3 is 0 Å². The lowest BCUT2D eigenvalue weighted by molar-refractivity contribution is 0.309. The average Bonchev–Trinajstić information content (AvgIpc) is 2.90. The quantitative estimate of drug-likeness (QED) is 0.841. The number of thiazole rings is 1. The second-order valence-corrected chi connectivity index (χ2v) is 5.90. The Kier molecular flexibility index (Phi) is 5.36. The van der Waals surface area contributed by atoms with Crippen LogP contribution in [0.3, 0.4) is 0 Å². The van der Waals surface area contributed by atoms with Gasteiger partial charge in [-0.25, -0.2) is 0 Å². The Morgan fingerprint density at radius 2 is 2.05 bits per heavy atom. The first-order valence-electron chi connectivity index (χ1n) is 6.54. The third-order valence-corrected chi connectivity index (χ3v) is 3.42. The van der Waals surface area contributed by atoms with Gasteiger partial charge in [0, 0.05) is 12.7 Å². The molecule has 0 saturated carbocycles. The molecule has 0 atom stereocenters. The van der Waals surface area contributed by atoms with Crippen molar-refractivity contribution in [1.29, 1.82) is 0 Å². The van der Waals surface area contributed by atoms with E-state index in [9.17, 15) is 0 Å². The van der Waals surface area contributed by atoms with E-state index < -0.39 is 0 Å². The molecular weight excluding hydrogens is 256 g/mol. The molecule has 0 fully saturated rings. The highest BCUT2D eigenvalue weighted by Gasteiger charge is 1.99. The molecule has 1 aromatic heterocycles. The first-order chi connectivity index (χ1) is 9.24. The summed E-state index contributed by atoms with van der Waals surface area (Å²) in [6, 6.07) is 8.26. The average molecular weight is 276 g/mol. The van der Waals surface area contributed by atoms with Gasteiger partial charge in [0.2, 0.25) is 0 Å². The Morgan fingerprint density at radius 3 is 2.68 bits per heavy atom. The summed E-state index contributed by atoms with van der Waals surface area (Å²) in [6.07, 6.45) is 1.84. The molecule has 0 saturated heterocycles. The van der Waals surface area contributed by atoms with E-state index in [1.807, 2.05) is 23.8 Å². The molecule has 0 aliphatic carbocycles. The molecule has 1 N–H and O–H groups in total. The predicted molar refractivity (Wildman–Crippen MR) is 79.4 cm³/mol. The van der Waals surface area contributed by atoms with Crippen molar-refractivity contribution < 1.29 is 4.74 Å². The van der Waals surface area contributed by atoms with Gasteiger partial charge in [-0.2, -0.15) is 0 Å². The maximum Gasteiger partial charge on any atom is 0.124 e. The summed E-state index contributed by atoms with van der Waals surface area (Å²) >= 11 is 1.61. The molecule has 0 aliphatic rings. The standard InChI is InChI=1S/C15H20N2OS/c1-12(2)7-16-8-13-3-5-14(6-4-13)18-10-15-9-17-11-19-15/h3-6,9,11-12,16H,7-8,10H2,1-2H3. The molecule has 19 heavy (non-hydrogen) atoms. The number of rotatable bonds is 7. The van der Waals surface area contributed by atoms with Gasteiger partial charge in [0.05, 0.1) is 10.4 Å². The molecule has 102 valence electrons. The van der Waals surface area contributed by atoms with Crippen LogP contribution in [0.4, 0.5) is 0 Å². The third-order valence-electron chi connectivity index (χ3n) is 2.67. The Bertz CT molecular complexity index is 465. The molecule has 2 aromatic rings. The number of nitrogens with one attached hydrogen (secondary N) is 1. The molecule has 0 bridgehead atoms. The highest BCUT2D eigenvalue weighted by Crippen LogP contribution is 2.15. The summed E-state index contributed by atoms with van der Waals surface area (Å²) in [5, 5.41) is 3.43. The van der Waals surface area contributed by atoms with Crippen molar-refractivity contribution in [2.45, 2.75) is 27.0 Å². The third kappa shape index (κ3) is 5.01. The molecular formula is C15H20N2OS. The summed E-state index contributed by atoms with van der Waals surface area (Å²) in [7, 11) is 0. The second kappa shape index (κ2) is 7.26. The fourth-order valence-electron chi connectivity index (χ4n) is 1.68. The topological polar surface area (TPSA) is 34.1 Å².